The van der Waals surface area contributed by atoms with Crippen molar-refractivity contribution in [1.29, 1.82) is 0 Å². The van der Waals surface area contributed by atoms with Gasteiger partial charge in [0.2, 0.25) is 0 Å². The summed E-state index contributed by atoms with van der Waals surface area (Å²) in [6, 6.07) is 12.8. The quantitative estimate of drug-likeness (QED) is 0.719. The lowest BCUT2D eigenvalue weighted by Gasteiger charge is -2.14. The SMILES string of the molecule is COc1ccc2cc(CNCC(C)Cn3ccnc3C)ccc2c1. The summed E-state index contributed by atoms with van der Waals surface area (Å²) in [7, 11) is 1.70. The van der Waals surface area contributed by atoms with Crippen molar-refractivity contribution in [1.82, 2.24) is 14.9 Å². The van der Waals surface area contributed by atoms with Crippen LogP contribution in [0.5, 0.6) is 5.75 Å². The number of methoxy groups -OCH3 is 1. The first-order valence-corrected chi connectivity index (χ1v) is 8.41. The molecule has 0 saturated heterocycles. The molecule has 0 aliphatic carbocycles. The molecule has 0 bridgehead atoms. The summed E-state index contributed by atoms with van der Waals surface area (Å²) in [4.78, 5) is 4.27. The fraction of sp³-hybridized carbons (Fsp3) is 0.350. The van der Waals surface area contributed by atoms with Crippen LogP contribution in [0, 0.1) is 12.8 Å². The predicted octanol–water partition coefficient (Wildman–Crippen LogP) is 3.78. The first kappa shape index (κ1) is 16.5. The maximum absolute atomic E-state index is 5.28. The zero-order valence-corrected chi connectivity index (χ0v) is 14.6. The van der Waals surface area contributed by atoms with Crippen LogP contribution < -0.4 is 10.1 Å². The molecule has 0 amide bonds. The molecule has 0 saturated carbocycles. The van der Waals surface area contributed by atoms with E-state index in [2.05, 4.69) is 52.1 Å². The van der Waals surface area contributed by atoms with Gasteiger partial charge in [-0.05, 0) is 53.9 Å². The molecule has 1 aromatic heterocycles. The van der Waals surface area contributed by atoms with Crippen LogP contribution in [0.15, 0.2) is 48.8 Å². The molecule has 3 rings (SSSR count). The molecule has 24 heavy (non-hydrogen) atoms. The van der Waals surface area contributed by atoms with E-state index in [1.807, 2.05) is 25.4 Å². The average molecular weight is 323 g/mol. The third-order valence-corrected chi connectivity index (χ3v) is 4.37. The number of aryl methyl sites for hydroxylation is 1. The van der Waals surface area contributed by atoms with E-state index in [1.165, 1.54) is 16.3 Å². The molecular weight excluding hydrogens is 298 g/mol. The summed E-state index contributed by atoms with van der Waals surface area (Å²) in [5, 5.41) is 6.02. The van der Waals surface area contributed by atoms with Gasteiger partial charge in [0, 0.05) is 25.5 Å². The van der Waals surface area contributed by atoms with Crippen molar-refractivity contribution in [3.63, 3.8) is 0 Å². The van der Waals surface area contributed by atoms with Gasteiger partial charge in [-0.3, -0.25) is 0 Å². The second-order valence-electron chi connectivity index (χ2n) is 6.41. The Kier molecular flexibility index (Phi) is 5.16. The Bertz CT molecular complexity index is 810. The van der Waals surface area contributed by atoms with Gasteiger partial charge in [0.25, 0.3) is 0 Å². The van der Waals surface area contributed by atoms with Gasteiger partial charge in [-0.25, -0.2) is 4.98 Å². The highest BCUT2D eigenvalue weighted by Crippen LogP contribution is 2.21. The number of imidazole rings is 1. The maximum atomic E-state index is 5.28. The van der Waals surface area contributed by atoms with Gasteiger partial charge in [0.15, 0.2) is 0 Å². The van der Waals surface area contributed by atoms with E-state index in [0.29, 0.717) is 5.92 Å². The minimum absolute atomic E-state index is 0.558. The van der Waals surface area contributed by atoms with E-state index < -0.39 is 0 Å². The van der Waals surface area contributed by atoms with Crippen molar-refractivity contribution < 1.29 is 4.74 Å². The van der Waals surface area contributed by atoms with E-state index >= 15 is 0 Å². The van der Waals surface area contributed by atoms with Gasteiger partial charge < -0.3 is 14.6 Å². The summed E-state index contributed by atoms with van der Waals surface area (Å²) >= 11 is 0. The number of fused-ring (bicyclic) bond motifs is 1. The monoisotopic (exact) mass is 323 g/mol. The summed E-state index contributed by atoms with van der Waals surface area (Å²) in [6.07, 6.45) is 3.91. The molecule has 4 nitrogen and oxygen atoms in total. The average Bonchev–Trinajstić information content (AvgIpc) is 2.99. The van der Waals surface area contributed by atoms with Gasteiger partial charge >= 0.3 is 0 Å². The number of hydrogen-bond donors (Lipinski definition) is 1. The van der Waals surface area contributed by atoms with Crippen LogP contribution in [-0.4, -0.2) is 23.2 Å². The third kappa shape index (κ3) is 3.95. The van der Waals surface area contributed by atoms with E-state index in [1.54, 1.807) is 7.11 Å². The fourth-order valence-corrected chi connectivity index (χ4v) is 2.97. The van der Waals surface area contributed by atoms with Crippen molar-refractivity contribution in [2.45, 2.75) is 26.9 Å². The van der Waals surface area contributed by atoms with Crippen molar-refractivity contribution in [3.05, 3.63) is 60.2 Å². The molecule has 1 atom stereocenters. The lowest BCUT2D eigenvalue weighted by atomic mass is 10.1. The highest BCUT2D eigenvalue weighted by molar-refractivity contribution is 5.84. The molecule has 0 aliphatic heterocycles. The fourth-order valence-electron chi connectivity index (χ4n) is 2.97. The lowest BCUT2D eigenvalue weighted by Crippen LogP contribution is -2.24. The zero-order chi connectivity index (χ0) is 16.9. The zero-order valence-electron chi connectivity index (χ0n) is 14.6. The highest BCUT2D eigenvalue weighted by atomic mass is 16.5. The number of benzene rings is 2. The molecule has 1 N–H and O–H groups in total. The largest absolute Gasteiger partial charge is 0.497 e. The number of ether oxygens (including phenoxy) is 1. The first-order valence-electron chi connectivity index (χ1n) is 8.41. The van der Waals surface area contributed by atoms with Crippen LogP contribution in [0.2, 0.25) is 0 Å². The Balaban J connectivity index is 1.54. The van der Waals surface area contributed by atoms with Crippen LogP contribution in [0.1, 0.15) is 18.3 Å². The Morgan fingerprint density at radius 1 is 1.17 bits per heavy atom. The lowest BCUT2D eigenvalue weighted by molar-refractivity contribution is 0.415. The van der Waals surface area contributed by atoms with Gasteiger partial charge in [0.1, 0.15) is 11.6 Å². The first-order chi connectivity index (χ1) is 11.7. The van der Waals surface area contributed by atoms with E-state index in [4.69, 9.17) is 4.74 Å². The highest BCUT2D eigenvalue weighted by Gasteiger charge is 2.05. The summed E-state index contributed by atoms with van der Waals surface area (Å²) in [5.41, 5.74) is 1.30. The topological polar surface area (TPSA) is 39.1 Å². The maximum Gasteiger partial charge on any atom is 0.119 e. The van der Waals surface area contributed by atoms with E-state index in [9.17, 15) is 0 Å². The Morgan fingerprint density at radius 2 is 1.96 bits per heavy atom. The summed E-state index contributed by atoms with van der Waals surface area (Å²) < 4.78 is 7.48. The minimum atomic E-state index is 0.558. The molecule has 1 unspecified atom stereocenters. The molecule has 126 valence electrons. The number of nitrogens with zero attached hydrogens (tertiary/aromatic N) is 2. The molecule has 2 aromatic carbocycles. The minimum Gasteiger partial charge on any atom is -0.497 e. The number of rotatable bonds is 7. The van der Waals surface area contributed by atoms with E-state index in [0.717, 1.165) is 31.2 Å². The molecule has 0 spiro atoms. The molecule has 0 fully saturated rings. The van der Waals surface area contributed by atoms with Crippen LogP contribution in [-0.2, 0) is 13.1 Å². The molecular formula is C20H25N3O. The van der Waals surface area contributed by atoms with Crippen molar-refractivity contribution in [2.24, 2.45) is 5.92 Å². The standard InChI is InChI=1S/C20H25N3O/c1-15(14-23-9-8-22-16(23)2)12-21-13-17-4-5-19-11-20(24-3)7-6-18(19)10-17/h4-11,15,21H,12-14H2,1-3H3. The second kappa shape index (κ2) is 7.49. The molecule has 3 aromatic rings. The van der Waals surface area contributed by atoms with Crippen molar-refractivity contribution in [3.8, 4) is 5.75 Å². The summed E-state index contributed by atoms with van der Waals surface area (Å²) in [6.45, 7) is 7.17. The van der Waals surface area contributed by atoms with Gasteiger partial charge in [-0.2, -0.15) is 0 Å². The van der Waals surface area contributed by atoms with Gasteiger partial charge in [0.05, 0.1) is 7.11 Å². The Hall–Kier alpha value is -2.33. The Morgan fingerprint density at radius 3 is 2.71 bits per heavy atom. The summed E-state index contributed by atoms with van der Waals surface area (Å²) in [5.74, 6) is 2.53. The number of hydrogen-bond acceptors (Lipinski definition) is 3. The smallest absolute Gasteiger partial charge is 0.119 e. The second-order valence-corrected chi connectivity index (χ2v) is 6.41. The Labute approximate surface area is 143 Å². The van der Waals surface area contributed by atoms with Crippen LogP contribution in [0.3, 0.4) is 0 Å². The number of nitrogens with one attached hydrogen (secondary N) is 1. The molecule has 0 aliphatic rings. The molecule has 1 heterocycles. The van der Waals surface area contributed by atoms with E-state index in [-0.39, 0.29) is 0 Å². The van der Waals surface area contributed by atoms with Crippen LogP contribution in [0.4, 0.5) is 0 Å². The number of aromatic nitrogens is 2. The van der Waals surface area contributed by atoms with Gasteiger partial charge in [-0.1, -0.05) is 25.1 Å². The van der Waals surface area contributed by atoms with Crippen LogP contribution in [0.25, 0.3) is 10.8 Å². The van der Waals surface area contributed by atoms with Crippen molar-refractivity contribution in [2.75, 3.05) is 13.7 Å². The normalized spacial score (nSPS) is 12.5. The predicted molar refractivity (Wildman–Crippen MR) is 98.3 cm³/mol. The molecule has 4 heteroatoms. The van der Waals surface area contributed by atoms with Crippen molar-refractivity contribution >= 4 is 10.8 Å². The molecule has 0 radical (unpaired) electrons. The van der Waals surface area contributed by atoms with Crippen LogP contribution >= 0.6 is 0 Å². The third-order valence-electron chi connectivity index (χ3n) is 4.37. The van der Waals surface area contributed by atoms with Gasteiger partial charge in [-0.15, -0.1) is 0 Å².